The third kappa shape index (κ3) is 4.41. The number of aromatic nitrogens is 3. The first kappa shape index (κ1) is 15.2. The Morgan fingerprint density at radius 2 is 1.89 bits per heavy atom. The lowest BCUT2D eigenvalue weighted by molar-refractivity contribution is 0.394. The Kier molecular flexibility index (Phi) is 6.94. The van der Waals surface area contributed by atoms with Crippen molar-refractivity contribution in [3.8, 4) is 0 Å². The second-order valence-electron chi connectivity index (χ2n) is 4.77. The Bertz CT molecular complexity index is 333. The minimum atomic E-state index is 0.520. The van der Waals surface area contributed by atoms with Gasteiger partial charge in [-0.25, -0.2) is 9.67 Å². The summed E-state index contributed by atoms with van der Waals surface area (Å²) >= 11 is 0. The van der Waals surface area contributed by atoms with Crippen LogP contribution in [0.4, 0.5) is 0 Å². The van der Waals surface area contributed by atoms with Crippen molar-refractivity contribution in [3.63, 3.8) is 0 Å². The van der Waals surface area contributed by atoms with Crippen molar-refractivity contribution in [3.05, 3.63) is 11.6 Å². The zero-order chi connectivity index (χ0) is 13.4. The van der Waals surface area contributed by atoms with Gasteiger partial charge >= 0.3 is 0 Å². The zero-order valence-corrected chi connectivity index (χ0v) is 12.4. The Balaban J connectivity index is 2.68. The molecule has 0 radical (unpaired) electrons. The maximum Gasteiger partial charge on any atom is 0.150 e. The lowest BCUT2D eigenvalue weighted by Gasteiger charge is -2.18. The summed E-state index contributed by atoms with van der Waals surface area (Å²) in [5.74, 6) is 2.09. The Morgan fingerprint density at radius 3 is 2.44 bits per heavy atom. The predicted octanol–water partition coefficient (Wildman–Crippen LogP) is 2.57. The molecule has 0 aromatic carbocycles. The van der Waals surface area contributed by atoms with Crippen LogP contribution in [0.3, 0.4) is 0 Å². The van der Waals surface area contributed by atoms with Gasteiger partial charge in [-0.05, 0) is 19.4 Å². The molecule has 0 saturated heterocycles. The smallest absolute Gasteiger partial charge is 0.150 e. The molecule has 4 nitrogen and oxygen atoms in total. The van der Waals surface area contributed by atoms with Gasteiger partial charge in [0.2, 0.25) is 0 Å². The van der Waals surface area contributed by atoms with E-state index in [-0.39, 0.29) is 0 Å². The highest BCUT2D eigenvalue weighted by atomic mass is 15.4. The van der Waals surface area contributed by atoms with Gasteiger partial charge in [0, 0.05) is 18.9 Å². The summed E-state index contributed by atoms with van der Waals surface area (Å²) in [4.78, 5) is 4.56. The molecule has 1 heterocycles. The van der Waals surface area contributed by atoms with E-state index in [2.05, 4.69) is 47.8 Å². The van der Waals surface area contributed by atoms with Crippen molar-refractivity contribution in [2.75, 3.05) is 6.54 Å². The first-order valence-electron chi connectivity index (χ1n) is 7.40. The van der Waals surface area contributed by atoms with E-state index in [1.165, 1.54) is 19.3 Å². The summed E-state index contributed by atoms with van der Waals surface area (Å²) in [6.07, 6.45) is 5.46. The van der Waals surface area contributed by atoms with Crippen LogP contribution < -0.4 is 5.32 Å². The van der Waals surface area contributed by atoms with Gasteiger partial charge in [0.1, 0.15) is 5.82 Å². The Morgan fingerprint density at radius 1 is 1.11 bits per heavy atom. The molecule has 1 aromatic rings. The van der Waals surface area contributed by atoms with Gasteiger partial charge in [0.05, 0.1) is 6.54 Å². The quantitative estimate of drug-likeness (QED) is 0.734. The number of nitrogens with zero attached hydrogens (tertiary/aromatic N) is 3. The highest BCUT2D eigenvalue weighted by Gasteiger charge is 2.12. The normalized spacial score (nSPS) is 12.9. The molecule has 0 aliphatic carbocycles. The van der Waals surface area contributed by atoms with Gasteiger partial charge in [-0.15, -0.1) is 0 Å². The molecule has 1 aromatic heterocycles. The second-order valence-corrected chi connectivity index (χ2v) is 4.77. The van der Waals surface area contributed by atoms with Gasteiger partial charge in [0.15, 0.2) is 5.82 Å². The van der Waals surface area contributed by atoms with Crippen LogP contribution in [0.25, 0.3) is 0 Å². The standard InChI is InChI=1S/C14H28N4/c1-5-9-12(15-10-6-2)11-18-14(8-4)16-13(7-3)17-18/h12,15H,5-11H2,1-4H3. The molecule has 0 fully saturated rings. The minimum absolute atomic E-state index is 0.520. The van der Waals surface area contributed by atoms with Crippen molar-refractivity contribution in [1.29, 1.82) is 0 Å². The van der Waals surface area contributed by atoms with E-state index in [9.17, 15) is 0 Å². The zero-order valence-electron chi connectivity index (χ0n) is 12.4. The first-order chi connectivity index (χ1) is 8.74. The van der Waals surface area contributed by atoms with E-state index < -0.39 is 0 Å². The molecule has 104 valence electrons. The van der Waals surface area contributed by atoms with Crippen LogP contribution in [-0.2, 0) is 19.4 Å². The molecular formula is C14H28N4. The van der Waals surface area contributed by atoms with Crippen molar-refractivity contribution in [2.24, 2.45) is 0 Å². The maximum absolute atomic E-state index is 4.60. The molecule has 0 saturated carbocycles. The van der Waals surface area contributed by atoms with Gasteiger partial charge in [-0.3, -0.25) is 0 Å². The van der Waals surface area contributed by atoms with Gasteiger partial charge in [-0.2, -0.15) is 5.10 Å². The molecular weight excluding hydrogens is 224 g/mol. The van der Waals surface area contributed by atoms with E-state index >= 15 is 0 Å². The number of rotatable bonds is 9. The minimum Gasteiger partial charge on any atom is -0.312 e. The number of hydrogen-bond acceptors (Lipinski definition) is 3. The fraction of sp³-hybridized carbons (Fsp3) is 0.857. The average Bonchev–Trinajstić information content (AvgIpc) is 2.78. The van der Waals surface area contributed by atoms with Crippen LogP contribution in [-0.4, -0.2) is 27.4 Å². The van der Waals surface area contributed by atoms with E-state index in [1.807, 2.05) is 0 Å². The van der Waals surface area contributed by atoms with E-state index in [4.69, 9.17) is 0 Å². The molecule has 1 N–H and O–H groups in total. The highest BCUT2D eigenvalue weighted by Crippen LogP contribution is 2.06. The van der Waals surface area contributed by atoms with Crippen LogP contribution in [0.5, 0.6) is 0 Å². The van der Waals surface area contributed by atoms with E-state index in [1.54, 1.807) is 0 Å². The van der Waals surface area contributed by atoms with E-state index in [0.29, 0.717) is 6.04 Å². The van der Waals surface area contributed by atoms with Crippen molar-refractivity contribution in [1.82, 2.24) is 20.1 Å². The third-order valence-corrected chi connectivity index (χ3v) is 3.14. The Labute approximate surface area is 111 Å². The van der Waals surface area contributed by atoms with Gasteiger partial charge in [-0.1, -0.05) is 34.1 Å². The molecule has 0 amide bonds. The van der Waals surface area contributed by atoms with Crippen molar-refractivity contribution >= 4 is 0 Å². The summed E-state index contributed by atoms with van der Waals surface area (Å²) in [5.41, 5.74) is 0. The van der Waals surface area contributed by atoms with Crippen LogP contribution in [0, 0.1) is 0 Å². The molecule has 0 aliphatic rings. The first-order valence-corrected chi connectivity index (χ1v) is 7.40. The van der Waals surface area contributed by atoms with Crippen molar-refractivity contribution < 1.29 is 0 Å². The fourth-order valence-electron chi connectivity index (χ4n) is 2.15. The lowest BCUT2D eigenvalue weighted by atomic mass is 10.1. The van der Waals surface area contributed by atoms with Crippen LogP contribution in [0.1, 0.15) is 58.6 Å². The molecule has 0 spiro atoms. The van der Waals surface area contributed by atoms with E-state index in [0.717, 1.165) is 37.6 Å². The lowest BCUT2D eigenvalue weighted by Crippen LogP contribution is -2.34. The van der Waals surface area contributed by atoms with Gasteiger partial charge < -0.3 is 5.32 Å². The van der Waals surface area contributed by atoms with Crippen LogP contribution in [0.15, 0.2) is 0 Å². The third-order valence-electron chi connectivity index (χ3n) is 3.14. The summed E-state index contributed by atoms with van der Waals surface area (Å²) in [5, 5.41) is 8.20. The monoisotopic (exact) mass is 252 g/mol. The summed E-state index contributed by atoms with van der Waals surface area (Å²) < 4.78 is 2.10. The second kappa shape index (κ2) is 8.25. The molecule has 18 heavy (non-hydrogen) atoms. The Hall–Kier alpha value is -0.900. The molecule has 1 atom stereocenters. The van der Waals surface area contributed by atoms with Gasteiger partial charge in [0.25, 0.3) is 0 Å². The molecule has 1 rings (SSSR count). The fourth-order valence-corrected chi connectivity index (χ4v) is 2.15. The topological polar surface area (TPSA) is 42.7 Å². The van der Waals surface area contributed by atoms with Crippen LogP contribution in [0.2, 0.25) is 0 Å². The summed E-state index contributed by atoms with van der Waals surface area (Å²) in [6.45, 7) is 10.7. The summed E-state index contributed by atoms with van der Waals surface area (Å²) in [6, 6.07) is 0.520. The number of aryl methyl sites for hydroxylation is 2. The number of nitrogens with one attached hydrogen (secondary N) is 1. The van der Waals surface area contributed by atoms with Crippen molar-refractivity contribution in [2.45, 2.75) is 72.4 Å². The maximum atomic E-state index is 4.60. The molecule has 0 aliphatic heterocycles. The molecule has 1 unspecified atom stereocenters. The SMILES string of the molecule is CCCNC(CCC)Cn1nc(CC)nc1CC. The highest BCUT2D eigenvalue weighted by molar-refractivity contribution is 4.93. The van der Waals surface area contributed by atoms with Crippen LogP contribution >= 0.6 is 0 Å². The predicted molar refractivity (Wildman–Crippen MR) is 75.8 cm³/mol. The summed E-state index contributed by atoms with van der Waals surface area (Å²) in [7, 11) is 0. The largest absolute Gasteiger partial charge is 0.312 e. The average molecular weight is 252 g/mol. The number of hydrogen-bond donors (Lipinski definition) is 1. The molecule has 0 bridgehead atoms. The molecule has 4 heteroatoms.